The third-order valence-corrected chi connectivity index (χ3v) is 2.39. The first-order valence-electron chi connectivity index (χ1n) is 5.15. The zero-order valence-electron chi connectivity index (χ0n) is 10.5. The van der Waals surface area contributed by atoms with Gasteiger partial charge in [0.2, 0.25) is 0 Å². The number of fused-ring (bicyclic) bond motifs is 2. The van der Waals surface area contributed by atoms with Crippen molar-refractivity contribution in [2.45, 2.75) is 25.7 Å². The van der Waals surface area contributed by atoms with E-state index in [1.807, 2.05) is 6.08 Å². The normalized spacial score (nSPS) is 16.1. The molecule has 0 unspecified atom stereocenters. The molecule has 0 aromatic rings. The van der Waals surface area contributed by atoms with E-state index in [-0.39, 0.29) is 20.4 Å². The van der Waals surface area contributed by atoms with Crippen molar-refractivity contribution in [1.29, 1.82) is 0 Å². The van der Waals surface area contributed by atoms with Gasteiger partial charge in [0.15, 0.2) is 0 Å². The van der Waals surface area contributed by atoms with Gasteiger partial charge in [0.1, 0.15) is 0 Å². The molecule has 1 fully saturated rings. The fourth-order valence-corrected chi connectivity index (χ4v) is 1.87. The summed E-state index contributed by atoms with van der Waals surface area (Å²) in [5, 5.41) is 0. The monoisotopic (exact) mass is 436 g/mol. The van der Waals surface area contributed by atoms with Crippen LogP contribution in [0.4, 0.5) is 0 Å². The molecule has 0 atom stereocenters. The Kier molecular flexibility index (Phi) is 11.2. The second kappa shape index (κ2) is 10.0. The molecule has 2 aliphatic rings. The van der Waals surface area contributed by atoms with Crippen LogP contribution < -0.4 is 37.3 Å². The molecule has 0 aromatic heterocycles. The topological polar surface area (TPSA) is 184 Å². The number of hydrogen-bond acceptors (Lipinski definition) is 8. The predicted molar refractivity (Wildman–Crippen MR) is 43.8 cm³/mol. The smallest absolute Gasteiger partial charge is 0.222 e. The molecular formula is C10H12Cl2O8Pd. The van der Waals surface area contributed by atoms with Crippen LogP contribution in [0, 0.1) is 20.5 Å². The van der Waals surface area contributed by atoms with Crippen LogP contribution in [0.1, 0.15) is 25.7 Å². The van der Waals surface area contributed by atoms with Crippen LogP contribution in [-0.2, 0) is 20.4 Å². The van der Waals surface area contributed by atoms with Gasteiger partial charge in [-0.25, -0.2) is 37.3 Å². The van der Waals surface area contributed by atoms with Crippen LogP contribution in [0.25, 0.3) is 0 Å². The molecule has 124 valence electrons. The van der Waals surface area contributed by atoms with E-state index in [9.17, 15) is 0 Å². The van der Waals surface area contributed by atoms with E-state index in [1.165, 1.54) is 19.3 Å². The Bertz CT molecular complexity index is 373. The van der Waals surface area contributed by atoms with Crippen LogP contribution in [0.5, 0.6) is 0 Å². The van der Waals surface area contributed by atoms with Crippen molar-refractivity contribution < 1.29 is 78.2 Å². The second-order valence-electron chi connectivity index (χ2n) is 3.86. The van der Waals surface area contributed by atoms with E-state index in [0.717, 1.165) is 6.42 Å². The summed E-state index contributed by atoms with van der Waals surface area (Å²) in [6.07, 6.45) is 9.38. The summed E-state index contributed by atoms with van der Waals surface area (Å²) in [5.41, 5.74) is 4.87. The molecule has 0 amide bonds. The summed E-state index contributed by atoms with van der Waals surface area (Å²) in [4.78, 5) is 0. The average molecular weight is 438 g/mol. The van der Waals surface area contributed by atoms with Crippen molar-refractivity contribution in [2.24, 2.45) is 0 Å². The van der Waals surface area contributed by atoms with Gasteiger partial charge < -0.3 is 0 Å². The third kappa shape index (κ3) is 16.3. The van der Waals surface area contributed by atoms with Crippen LogP contribution >= 0.6 is 0 Å². The fraction of sp³-hybridized carbons (Fsp3) is 0.400. The number of allylic oxidation sites excluding steroid dienone is 5. The summed E-state index contributed by atoms with van der Waals surface area (Å²) < 4.78 is 67.9. The van der Waals surface area contributed by atoms with Crippen molar-refractivity contribution in [3.05, 3.63) is 35.5 Å². The largest absolute Gasteiger partial charge is 2.00 e. The van der Waals surface area contributed by atoms with Crippen LogP contribution in [0.15, 0.2) is 35.5 Å². The standard InChI is InChI=1S/C10H12.2ClHO4.Pd/c1-2-3-9-6-8-4-5-10(9)7-8;2*2-1(3,4)5;/h2,6H,1,3-5,7H2;2*(H,2,3,4,5);/q;;;+2/p-2. The average Bonchev–Trinajstić information content (AvgIpc) is 2.73. The zero-order valence-corrected chi connectivity index (χ0v) is 13.6. The molecule has 0 heterocycles. The van der Waals surface area contributed by atoms with Gasteiger partial charge in [0.05, 0.1) is 0 Å². The molecule has 2 aliphatic carbocycles. The summed E-state index contributed by atoms with van der Waals surface area (Å²) in [5.74, 6) is 0. The molecule has 0 spiro atoms. The molecule has 2 rings (SSSR count). The Morgan fingerprint density at radius 2 is 1.38 bits per heavy atom. The van der Waals surface area contributed by atoms with Gasteiger partial charge in [-0.3, -0.25) is 0 Å². The first-order chi connectivity index (χ1) is 8.90. The Morgan fingerprint density at radius 1 is 0.952 bits per heavy atom. The van der Waals surface area contributed by atoms with Crippen LogP contribution in [0.2, 0.25) is 0 Å². The maximum atomic E-state index is 8.49. The van der Waals surface area contributed by atoms with E-state index < -0.39 is 20.5 Å². The third-order valence-electron chi connectivity index (χ3n) is 2.39. The minimum atomic E-state index is -4.94. The first kappa shape index (κ1) is 23.4. The van der Waals surface area contributed by atoms with Gasteiger partial charge in [0.25, 0.3) is 0 Å². The van der Waals surface area contributed by atoms with Gasteiger partial charge >= 0.3 is 20.4 Å². The van der Waals surface area contributed by atoms with Gasteiger partial charge in [-0.05, 0) is 31.3 Å². The second-order valence-corrected chi connectivity index (χ2v) is 5.37. The minimum Gasteiger partial charge on any atom is -0.222 e. The van der Waals surface area contributed by atoms with Crippen LogP contribution in [0.3, 0.4) is 0 Å². The maximum absolute atomic E-state index is 8.49. The van der Waals surface area contributed by atoms with E-state index in [0.29, 0.717) is 0 Å². The Hall–Kier alpha value is 0.142. The minimum absolute atomic E-state index is 0. The van der Waals surface area contributed by atoms with E-state index in [4.69, 9.17) is 37.3 Å². The summed E-state index contributed by atoms with van der Waals surface area (Å²) in [6, 6.07) is 0. The molecule has 0 N–H and O–H groups in total. The summed E-state index contributed by atoms with van der Waals surface area (Å²) >= 11 is 0. The molecule has 11 heteroatoms. The van der Waals surface area contributed by atoms with Crippen LogP contribution in [-0.4, -0.2) is 0 Å². The van der Waals surface area contributed by atoms with Crippen molar-refractivity contribution in [2.75, 3.05) is 0 Å². The molecule has 21 heavy (non-hydrogen) atoms. The SMILES string of the molecule is C=CCC1=C2CCC(=C1)C2.[O-][Cl+3]([O-])([O-])[O-].[O-][Cl+3]([O-])([O-])[O-].[Pd+2]. The van der Waals surface area contributed by atoms with Gasteiger partial charge in [-0.2, -0.15) is 0 Å². The van der Waals surface area contributed by atoms with Gasteiger partial charge in [-0.1, -0.05) is 23.3 Å². The van der Waals surface area contributed by atoms with E-state index >= 15 is 0 Å². The quantitative estimate of drug-likeness (QED) is 0.301. The van der Waals surface area contributed by atoms with Gasteiger partial charge in [0, 0.05) is 0 Å². The molecule has 8 nitrogen and oxygen atoms in total. The van der Waals surface area contributed by atoms with E-state index in [1.54, 1.807) is 16.7 Å². The van der Waals surface area contributed by atoms with Crippen molar-refractivity contribution in [1.82, 2.24) is 0 Å². The Balaban J connectivity index is 0. The van der Waals surface area contributed by atoms with E-state index in [2.05, 4.69) is 12.7 Å². The number of halogens is 2. The Morgan fingerprint density at radius 3 is 1.62 bits per heavy atom. The van der Waals surface area contributed by atoms with Gasteiger partial charge in [-0.15, -0.1) is 27.1 Å². The number of rotatable bonds is 2. The number of hydrogen-bond donors (Lipinski definition) is 0. The zero-order chi connectivity index (χ0) is 16.0. The van der Waals surface area contributed by atoms with Crippen molar-refractivity contribution >= 4 is 0 Å². The first-order valence-corrected chi connectivity index (χ1v) is 7.61. The Labute approximate surface area is 139 Å². The van der Waals surface area contributed by atoms with Crippen molar-refractivity contribution in [3.8, 4) is 0 Å². The molecular weight excluding hydrogens is 425 g/mol. The summed E-state index contributed by atoms with van der Waals surface area (Å²) in [6.45, 7) is 3.74. The molecule has 0 saturated heterocycles. The summed E-state index contributed by atoms with van der Waals surface area (Å²) in [7, 11) is -9.89. The predicted octanol–water partition coefficient (Wildman–Crippen LogP) is -6.53. The fourth-order valence-electron chi connectivity index (χ4n) is 1.87. The molecule has 1 saturated carbocycles. The maximum Gasteiger partial charge on any atom is 2.00 e. The molecule has 0 aromatic carbocycles. The molecule has 2 bridgehead atoms. The van der Waals surface area contributed by atoms with Crippen molar-refractivity contribution in [3.63, 3.8) is 0 Å². The molecule has 0 aliphatic heterocycles. The molecule has 0 radical (unpaired) electrons.